The molecule has 1 unspecified atom stereocenters. The molecule has 2 N–H and O–H groups in total. The number of nitrogens with one attached hydrogen (secondary N) is 2. The van der Waals surface area contributed by atoms with Crippen LogP contribution in [-0.2, 0) is 9.73 Å². The van der Waals surface area contributed by atoms with Crippen molar-refractivity contribution < 1.29 is 17.8 Å². The Labute approximate surface area is 184 Å². The highest BCUT2D eigenvalue weighted by Gasteiger charge is 2.33. The van der Waals surface area contributed by atoms with Crippen LogP contribution in [0, 0.1) is 4.78 Å². The first-order chi connectivity index (χ1) is 15.1. The number of halogens is 2. The van der Waals surface area contributed by atoms with Gasteiger partial charge in [0.25, 0.3) is 5.91 Å². The fourth-order valence-electron chi connectivity index (χ4n) is 3.71. The average Bonchev–Trinajstić information content (AvgIpc) is 2.92. The van der Waals surface area contributed by atoms with Crippen molar-refractivity contribution in [2.24, 2.45) is 0 Å². The van der Waals surface area contributed by atoms with Crippen molar-refractivity contribution in [2.75, 3.05) is 29.6 Å². The Kier molecular flexibility index (Phi) is 5.81. The van der Waals surface area contributed by atoms with Crippen molar-refractivity contribution >= 4 is 38.0 Å². The Morgan fingerprint density at radius 1 is 1.22 bits per heavy atom. The molecule has 4 rings (SSSR count). The van der Waals surface area contributed by atoms with Gasteiger partial charge in [0, 0.05) is 54.4 Å². The summed E-state index contributed by atoms with van der Waals surface area (Å²) in [5.74, 6) is -2.87. The highest BCUT2D eigenvalue weighted by molar-refractivity contribution is 7.91. The number of carbonyl (C=O) groups excluding carboxylic acids is 1. The van der Waals surface area contributed by atoms with Crippen molar-refractivity contribution in [3.8, 4) is 0 Å². The maximum absolute atomic E-state index is 13.9. The minimum atomic E-state index is -2.94. The molecule has 10 heteroatoms. The molecular weight excluding hydrogens is 436 g/mol. The number of fused-ring (bicyclic) bond motifs is 1. The quantitative estimate of drug-likeness (QED) is 0.597. The maximum atomic E-state index is 13.9. The Balaban J connectivity index is 1.72. The summed E-state index contributed by atoms with van der Waals surface area (Å²) < 4.78 is 47.6. The van der Waals surface area contributed by atoms with E-state index in [1.807, 2.05) is 0 Å². The van der Waals surface area contributed by atoms with Gasteiger partial charge < -0.3 is 10.2 Å². The highest BCUT2D eigenvalue weighted by Crippen LogP contribution is 2.32. The first-order valence-electron chi connectivity index (χ1n) is 10.2. The van der Waals surface area contributed by atoms with Crippen LogP contribution in [0.2, 0.25) is 0 Å². The predicted molar refractivity (Wildman–Crippen MR) is 120 cm³/mol. The van der Waals surface area contributed by atoms with Crippen LogP contribution < -0.4 is 10.2 Å². The lowest BCUT2D eigenvalue weighted by atomic mass is 10.1. The van der Waals surface area contributed by atoms with Gasteiger partial charge in [-0.25, -0.2) is 22.8 Å². The van der Waals surface area contributed by atoms with Gasteiger partial charge in [-0.15, -0.1) is 0 Å². The van der Waals surface area contributed by atoms with Crippen LogP contribution in [0.4, 0.5) is 20.3 Å². The minimum Gasteiger partial charge on any atom is -0.356 e. The van der Waals surface area contributed by atoms with Crippen LogP contribution in [0.1, 0.15) is 29.6 Å². The molecule has 0 bridgehead atoms. The van der Waals surface area contributed by atoms with E-state index >= 15 is 0 Å². The van der Waals surface area contributed by atoms with E-state index in [1.165, 1.54) is 12.3 Å². The van der Waals surface area contributed by atoms with Crippen molar-refractivity contribution in [1.82, 2.24) is 9.97 Å². The monoisotopic (exact) mass is 459 g/mol. The van der Waals surface area contributed by atoms with E-state index in [2.05, 4.69) is 15.3 Å². The van der Waals surface area contributed by atoms with Crippen molar-refractivity contribution in [3.63, 3.8) is 0 Å². The molecular formula is C22H23F2N5O2S. The molecule has 3 heterocycles. The number of aromatic nitrogens is 2. The summed E-state index contributed by atoms with van der Waals surface area (Å²) in [6.07, 6.45) is 4.25. The van der Waals surface area contributed by atoms with Gasteiger partial charge in [0.2, 0.25) is 5.92 Å². The van der Waals surface area contributed by atoms with Gasteiger partial charge >= 0.3 is 0 Å². The van der Waals surface area contributed by atoms with Crippen molar-refractivity contribution in [2.45, 2.75) is 30.1 Å². The number of alkyl halides is 2. The van der Waals surface area contributed by atoms with Crippen LogP contribution in [0.5, 0.6) is 0 Å². The summed E-state index contributed by atoms with van der Waals surface area (Å²) in [4.78, 5) is 23.9. The third-order valence-electron chi connectivity index (χ3n) is 5.40. The Bertz CT molecular complexity index is 1280. The number of carbonyl (C=O) groups is 1. The summed E-state index contributed by atoms with van der Waals surface area (Å²) in [6.45, 7) is 0.444. The van der Waals surface area contributed by atoms with Gasteiger partial charge in [-0.05, 0) is 36.8 Å². The molecule has 1 saturated heterocycles. The van der Waals surface area contributed by atoms with Gasteiger partial charge in [-0.3, -0.25) is 9.78 Å². The Morgan fingerprint density at radius 2 is 2.03 bits per heavy atom. The van der Waals surface area contributed by atoms with E-state index in [1.54, 1.807) is 47.6 Å². The molecule has 1 aromatic carbocycles. The van der Waals surface area contributed by atoms with Crippen LogP contribution in [-0.4, -0.2) is 45.4 Å². The Hall–Kier alpha value is -3.14. The van der Waals surface area contributed by atoms with Crippen LogP contribution in [0.15, 0.2) is 53.7 Å². The number of hydrogen-bond donors (Lipinski definition) is 2. The van der Waals surface area contributed by atoms with Crippen molar-refractivity contribution in [1.29, 1.82) is 4.78 Å². The smallest absolute Gasteiger partial charge is 0.259 e. The topological polar surface area (TPSA) is 99.0 Å². The lowest BCUT2D eigenvalue weighted by Crippen LogP contribution is -2.29. The van der Waals surface area contributed by atoms with E-state index in [0.29, 0.717) is 33.8 Å². The molecule has 1 fully saturated rings. The standard InChI is InChI=1S/C22H23F2N5O2S/c1-32(25,31)17-5-2-4-16(13-17)27-21(30)18-12-15-6-9-26-14-19(15)28-20(18)29-10-3-7-22(23,24)8-11-29/h2,4-6,9,12-14,25H,3,7-8,10-11H2,1H3,(H,27,30). The first kappa shape index (κ1) is 22.1. The molecule has 2 aromatic heterocycles. The number of pyridine rings is 2. The molecule has 0 saturated carbocycles. The van der Waals surface area contributed by atoms with Gasteiger partial charge in [0.15, 0.2) is 0 Å². The molecule has 0 spiro atoms. The average molecular weight is 460 g/mol. The molecule has 1 atom stereocenters. The summed E-state index contributed by atoms with van der Waals surface area (Å²) in [7, 11) is -2.94. The molecule has 0 aliphatic carbocycles. The third kappa shape index (κ3) is 4.85. The second-order valence-corrected chi connectivity index (χ2v) is 10.1. The number of amides is 1. The number of benzene rings is 1. The fourth-order valence-corrected chi connectivity index (χ4v) is 4.40. The normalized spacial score (nSPS) is 18.0. The lowest BCUT2D eigenvalue weighted by molar-refractivity contribution is -0.0102. The third-order valence-corrected chi connectivity index (χ3v) is 6.56. The maximum Gasteiger partial charge on any atom is 0.259 e. The van der Waals surface area contributed by atoms with Crippen LogP contribution >= 0.6 is 0 Å². The number of anilines is 2. The number of nitrogens with zero attached hydrogens (tertiary/aromatic N) is 3. The van der Waals surface area contributed by atoms with Gasteiger partial charge in [0.1, 0.15) is 5.82 Å². The molecule has 168 valence electrons. The summed E-state index contributed by atoms with van der Waals surface area (Å²) >= 11 is 0. The molecule has 1 amide bonds. The lowest BCUT2D eigenvalue weighted by Gasteiger charge is -2.24. The number of rotatable bonds is 4. The largest absolute Gasteiger partial charge is 0.356 e. The second-order valence-electron chi connectivity index (χ2n) is 7.95. The molecule has 3 aromatic rings. The van der Waals surface area contributed by atoms with E-state index < -0.39 is 21.6 Å². The molecule has 7 nitrogen and oxygen atoms in total. The zero-order valence-corrected chi connectivity index (χ0v) is 18.3. The highest BCUT2D eigenvalue weighted by atomic mass is 32.2. The SMILES string of the molecule is CS(=N)(=O)c1cccc(NC(=O)c2cc3ccncc3nc2N2CCCC(F)(F)CC2)c1. The Morgan fingerprint density at radius 3 is 2.81 bits per heavy atom. The summed E-state index contributed by atoms with van der Waals surface area (Å²) in [5.41, 5.74) is 1.21. The van der Waals surface area contributed by atoms with Crippen LogP contribution in [0.25, 0.3) is 10.9 Å². The van der Waals surface area contributed by atoms with Gasteiger partial charge in [-0.2, -0.15) is 0 Å². The zero-order chi connectivity index (χ0) is 22.9. The van der Waals surface area contributed by atoms with Crippen molar-refractivity contribution in [3.05, 3.63) is 54.4 Å². The van der Waals surface area contributed by atoms with Crippen LogP contribution in [0.3, 0.4) is 0 Å². The predicted octanol–water partition coefficient (Wildman–Crippen LogP) is 4.54. The van der Waals surface area contributed by atoms with E-state index in [4.69, 9.17) is 4.78 Å². The fraction of sp³-hybridized carbons (Fsp3) is 0.318. The molecule has 1 aliphatic rings. The number of hydrogen-bond acceptors (Lipinski definition) is 6. The van der Waals surface area contributed by atoms with Gasteiger partial charge in [-0.1, -0.05) is 6.07 Å². The molecule has 0 radical (unpaired) electrons. The van der Waals surface area contributed by atoms with E-state index in [9.17, 15) is 17.8 Å². The second kappa shape index (κ2) is 8.42. The summed E-state index contributed by atoms with van der Waals surface area (Å²) in [5, 5.41) is 3.47. The van der Waals surface area contributed by atoms with E-state index in [-0.39, 0.29) is 31.4 Å². The minimum absolute atomic E-state index is 0.0816. The van der Waals surface area contributed by atoms with E-state index in [0.717, 1.165) is 0 Å². The van der Waals surface area contributed by atoms with Gasteiger partial charge in [0.05, 0.1) is 27.0 Å². The first-order valence-corrected chi connectivity index (χ1v) is 12.1. The zero-order valence-electron chi connectivity index (χ0n) is 17.5. The molecule has 1 aliphatic heterocycles. The summed E-state index contributed by atoms with van der Waals surface area (Å²) in [6, 6.07) is 9.72. The molecule has 32 heavy (non-hydrogen) atoms.